The standard InChI is InChI=1S/C6H6O.CH3.Al/c7-6-4-2-1-3-5-6;;/h1-5,7H;1H3;/q;;+1/p-1. The number of benzene rings is 1. The smallest absolute Gasteiger partial charge is 0.519 e. The maximum absolute atomic E-state index is 5.29. The summed E-state index contributed by atoms with van der Waals surface area (Å²) in [6, 6.07) is 9.87. The Morgan fingerprint density at radius 3 is 2.44 bits per heavy atom. The molecular weight excluding hydrogens is 127 g/mol. The molecule has 1 nitrogen and oxygen atoms in total. The van der Waals surface area contributed by atoms with Crippen LogP contribution in [0.2, 0.25) is 5.79 Å². The highest BCUT2D eigenvalue weighted by Crippen LogP contribution is 2.06. The van der Waals surface area contributed by atoms with Crippen LogP contribution in [0.3, 0.4) is 0 Å². The summed E-state index contributed by atoms with van der Waals surface area (Å²) in [5.74, 6) is 3.04. The maximum Gasteiger partial charge on any atom is 0.519 e. The highest BCUT2D eigenvalue weighted by atomic mass is 27.1. The Morgan fingerprint density at radius 1 is 1.22 bits per heavy atom. The maximum atomic E-state index is 5.29. The monoisotopic (exact) mass is 135 g/mol. The molecule has 9 heavy (non-hydrogen) atoms. The molecule has 0 amide bonds. The molecule has 1 aromatic rings. The van der Waals surface area contributed by atoms with Gasteiger partial charge in [-0.2, -0.15) is 0 Å². The van der Waals surface area contributed by atoms with Crippen molar-refractivity contribution in [2.24, 2.45) is 0 Å². The van der Waals surface area contributed by atoms with Gasteiger partial charge >= 0.3 is 15.6 Å². The van der Waals surface area contributed by atoms with Crippen LogP contribution in [0.5, 0.6) is 5.75 Å². The Kier molecular flexibility index (Phi) is 2.63. The van der Waals surface area contributed by atoms with Gasteiger partial charge in [-0.3, -0.25) is 0 Å². The largest absolute Gasteiger partial charge is 0.648 e. The minimum absolute atomic E-state index is 0.125. The highest BCUT2D eigenvalue weighted by molar-refractivity contribution is 6.26. The van der Waals surface area contributed by atoms with Crippen molar-refractivity contribution in [3.8, 4) is 5.75 Å². The van der Waals surface area contributed by atoms with Gasteiger partial charge < -0.3 is 3.79 Å². The van der Waals surface area contributed by atoms with E-state index >= 15 is 0 Å². The molecule has 0 aliphatic carbocycles. The van der Waals surface area contributed by atoms with Crippen LogP contribution in [0, 0.1) is 0 Å². The third-order valence-electron chi connectivity index (χ3n) is 0.997. The van der Waals surface area contributed by atoms with Crippen molar-refractivity contribution in [2.75, 3.05) is 0 Å². The van der Waals surface area contributed by atoms with E-state index in [9.17, 15) is 0 Å². The second-order valence-electron chi connectivity index (χ2n) is 1.67. The van der Waals surface area contributed by atoms with Gasteiger partial charge in [0, 0.05) is 0 Å². The van der Waals surface area contributed by atoms with Crippen molar-refractivity contribution in [3.63, 3.8) is 0 Å². The van der Waals surface area contributed by atoms with Crippen molar-refractivity contribution in [1.82, 2.24) is 0 Å². The van der Waals surface area contributed by atoms with Crippen LogP contribution in [0.25, 0.3) is 0 Å². The van der Waals surface area contributed by atoms with Gasteiger partial charge in [-0.25, -0.2) is 0 Å². The first-order valence-corrected chi connectivity index (χ1v) is 4.55. The molecule has 0 aliphatic rings. The Morgan fingerprint density at radius 2 is 1.89 bits per heavy atom. The first kappa shape index (κ1) is 6.67. The zero-order valence-electron chi connectivity index (χ0n) is 5.37. The highest BCUT2D eigenvalue weighted by Gasteiger charge is 1.86. The summed E-state index contributed by atoms with van der Waals surface area (Å²) in [6.07, 6.45) is 0. The first-order chi connectivity index (χ1) is 4.43. The number of rotatable bonds is 2. The molecule has 0 bridgehead atoms. The molecule has 0 heterocycles. The first-order valence-electron chi connectivity index (χ1n) is 2.93. The van der Waals surface area contributed by atoms with Crippen LogP contribution >= 0.6 is 0 Å². The van der Waals surface area contributed by atoms with Gasteiger partial charge in [0.1, 0.15) is 0 Å². The molecule has 45 valence electrons. The van der Waals surface area contributed by atoms with E-state index in [1.807, 2.05) is 30.3 Å². The van der Waals surface area contributed by atoms with Gasteiger partial charge in [0.2, 0.25) is 0 Å². The minimum atomic E-state index is 0.125. The van der Waals surface area contributed by atoms with E-state index in [4.69, 9.17) is 3.79 Å². The molecule has 0 saturated carbocycles. The van der Waals surface area contributed by atoms with Crippen molar-refractivity contribution < 1.29 is 3.79 Å². The van der Waals surface area contributed by atoms with Gasteiger partial charge in [-0.05, 0) is 12.1 Å². The van der Waals surface area contributed by atoms with E-state index in [2.05, 4.69) is 5.79 Å². The summed E-state index contributed by atoms with van der Waals surface area (Å²) < 4.78 is 5.29. The summed E-state index contributed by atoms with van der Waals surface area (Å²) in [5, 5.41) is 0. The summed E-state index contributed by atoms with van der Waals surface area (Å²) in [5.41, 5.74) is 0. The van der Waals surface area contributed by atoms with Crippen LogP contribution < -0.4 is 3.79 Å². The zero-order chi connectivity index (χ0) is 6.53. The minimum Gasteiger partial charge on any atom is -0.648 e. The predicted octanol–water partition coefficient (Wildman–Crippen LogP) is 1.73. The second-order valence-corrected chi connectivity index (χ2v) is 2.37. The molecule has 1 rings (SSSR count). The summed E-state index contributed by atoms with van der Waals surface area (Å²) >= 11 is 0.125. The summed E-state index contributed by atoms with van der Waals surface area (Å²) in [7, 11) is 0. The number of hydrogen-bond acceptors (Lipinski definition) is 1. The average molecular weight is 135 g/mol. The fourth-order valence-corrected chi connectivity index (χ4v) is 1.06. The van der Waals surface area contributed by atoms with Gasteiger partial charge in [0.25, 0.3) is 0 Å². The van der Waals surface area contributed by atoms with Crippen LogP contribution in [0.1, 0.15) is 0 Å². The lowest BCUT2D eigenvalue weighted by Gasteiger charge is -2.00. The topological polar surface area (TPSA) is 9.23 Å². The van der Waals surface area contributed by atoms with Crippen molar-refractivity contribution in [1.29, 1.82) is 0 Å². The van der Waals surface area contributed by atoms with Crippen LogP contribution in [-0.4, -0.2) is 15.6 Å². The molecule has 0 spiro atoms. The molecule has 0 aromatic heterocycles. The Hall–Kier alpha value is -0.448. The van der Waals surface area contributed by atoms with E-state index in [0.717, 1.165) is 5.75 Å². The zero-order valence-corrected chi connectivity index (χ0v) is 6.53. The quantitative estimate of drug-likeness (QED) is 0.561. The van der Waals surface area contributed by atoms with Crippen LogP contribution in [0.15, 0.2) is 30.3 Å². The third kappa shape index (κ3) is 2.09. The van der Waals surface area contributed by atoms with Gasteiger partial charge in [-0.15, -0.1) is 0 Å². The molecule has 0 atom stereocenters. The van der Waals surface area contributed by atoms with E-state index in [-0.39, 0.29) is 15.6 Å². The van der Waals surface area contributed by atoms with E-state index in [1.165, 1.54) is 0 Å². The lowest BCUT2D eigenvalue weighted by Crippen LogP contribution is -1.94. The van der Waals surface area contributed by atoms with Gasteiger partial charge in [0.05, 0.1) is 5.75 Å². The van der Waals surface area contributed by atoms with Crippen LogP contribution in [-0.2, 0) is 0 Å². The molecule has 1 radical (unpaired) electrons. The predicted molar refractivity (Wildman–Crippen MR) is 38.7 cm³/mol. The normalized spacial score (nSPS) is 8.56. The average Bonchev–Trinajstić information content (AvgIpc) is 1.91. The molecule has 0 saturated heterocycles. The molecule has 1 aromatic carbocycles. The molecule has 0 aliphatic heterocycles. The van der Waals surface area contributed by atoms with E-state index in [0.29, 0.717) is 0 Å². The lowest BCUT2D eigenvalue weighted by atomic mass is 10.3. The molecule has 0 unspecified atom stereocenters. The fourth-order valence-electron chi connectivity index (χ4n) is 0.635. The number of hydrogen-bond donors (Lipinski definition) is 0. The number of para-hydroxylation sites is 1. The summed E-state index contributed by atoms with van der Waals surface area (Å²) in [6.45, 7) is 0. The lowest BCUT2D eigenvalue weighted by molar-refractivity contribution is 0.600. The molecular formula is C7H8AlO. The van der Waals surface area contributed by atoms with E-state index < -0.39 is 0 Å². The second kappa shape index (κ2) is 3.55. The molecule has 0 N–H and O–H groups in total. The fraction of sp³-hybridized carbons (Fsp3) is 0.143. The van der Waals surface area contributed by atoms with Crippen molar-refractivity contribution in [2.45, 2.75) is 5.79 Å². The Labute approximate surface area is 61.7 Å². The Bertz CT molecular complexity index is 162. The summed E-state index contributed by atoms with van der Waals surface area (Å²) in [4.78, 5) is 0. The van der Waals surface area contributed by atoms with E-state index in [1.54, 1.807) is 0 Å². The Balaban J connectivity index is 2.61. The van der Waals surface area contributed by atoms with Crippen molar-refractivity contribution in [3.05, 3.63) is 30.3 Å². The van der Waals surface area contributed by atoms with Gasteiger partial charge in [0.15, 0.2) is 0 Å². The van der Waals surface area contributed by atoms with Gasteiger partial charge in [-0.1, -0.05) is 24.0 Å². The SMILES string of the molecule is [CH3][Al][O]c1ccccc1. The molecule has 0 fully saturated rings. The molecule has 2 heteroatoms. The third-order valence-corrected chi connectivity index (χ3v) is 1.51. The van der Waals surface area contributed by atoms with Crippen molar-refractivity contribution >= 4 is 15.6 Å². The van der Waals surface area contributed by atoms with Crippen LogP contribution in [0.4, 0.5) is 0 Å².